The zero-order chi connectivity index (χ0) is 10.3. The summed E-state index contributed by atoms with van der Waals surface area (Å²) in [6, 6.07) is 0. The lowest BCUT2D eigenvalue weighted by atomic mass is 10.1. The minimum absolute atomic E-state index is 0.220. The first-order valence-corrected chi connectivity index (χ1v) is 6.14. The second-order valence-electron chi connectivity index (χ2n) is 3.88. The highest BCUT2D eigenvalue weighted by molar-refractivity contribution is 9.09. The molecule has 0 saturated carbocycles. The van der Waals surface area contributed by atoms with Crippen LogP contribution in [0, 0.1) is 5.92 Å². The van der Waals surface area contributed by atoms with E-state index in [0.717, 1.165) is 18.4 Å². The molecule has 0 spiro atoms. The van der Waals surface area contributed by atoms with E-state index < -0.39 is 0 Å². The van der Waals surface area contributed by atoms with E-state index in [0.29, 0.717) is 5.92 Å². The van der Waals surface area contributed by atoms with Gasteiger partial charge in [-0.1, -0.05) is 29.3 Å². The summed E-state index contributed by atoms with van der Waals surface area (Å²) in [7, 11) is 2.07. The Morgan fingerprint density at radius 1 is 1.38 bits per heavy atom. The van der Waals surface area contributed by atoms with Crippen LogP contribution in [0.15, 0.2) is 0 Å². The molecular weight excluding hydrogens is 230 g/mol. The lowest BCUT2D eigenvalue weighted by molar-refractivity contribution is 0.133. The first kappa shape index (κ1) is 13.4. The molecular formula is C10H22BrNO. The Labute approximate surface area is 90.4 Å². The molecule has 0 heterocycles. The highest BCUT2D eigenvalue weighted by Crippen LogP contribution is 2.11. The second-order valence-corrected chi connectivity index (χ2v) is 4.53. The van der Waals surface area contributed by atoms with Crippen LogP contribution >= 0.6 is 15.9 Å². The number of rotatable bonds is 7. The molecule has 0 radical (unpaired) electrons. The fourth-order valence-corrected chi connectivity index (χ4v) is 2.12. The highest BCUT2D eigenvalue weighted by Gasteiger charge is 2.10. The van der Waals surface area contributed by atoms with Gasteiger partial charge in [0.1, 0.15) is 0 Å². The molecule has 2 atom stereocenters. The van der Waals surface area contributed by atoms with E-state index in [9.17, 15) is 5.11 Å². The van der Waals surface area contributed by atoms with Crippen molar-refractivity contribution in [3.05, 3.63) is 0 Å². The van der Waals surface area contributed by atoms with Gasteiger partial charge in [-0.2, -0.15) is 0 Å². The molecule has 0 aromatic carbocycles. The van der Waals surface area contributed by atoms with E-state index in [1.54, 1.807) is 0 Å². The molecule has 0 aromatic heterocycles. The smallest absolute Gasteiger partial charge is 0.0638 e. The fraction of sp³-hybridized carbons (Fsp3) is 1.00. The molecule has 2 nitrogen and oxygen atoms in total. The number of aliphatic hydroxyl groups excluding tert-OH is 1. The number of likely N-dealkylation sites (N-methyl/N-ethyl adjacent to an activating group) is 1. The van der Waals surface area contributed by atoms with Crippen molar-refractivity contribution in [1.29, 1.82) is 0 Å². The maximum Gasteiger partial charge on any atom is 0.0638 e. The van der Waals surface area contributed by atoms with Crippen LogP contribution < -0.4 is 0 Å². The Hall–Kier alpha value is 0.400. The fourth-order valence-electron chi connectivity index (χ4n) is 1.59. The predicted octanol–water partition coefficient (Wildman–Crippen LogP) is 2.11. The van der Waals surface area contributed by atoms with Crippen molar-refractivity contribution in [2.45, 2.75) is 32.8 Å². The summed E-state index contributed by atoms with van der Waals surface area (Å²) in [5.41, 5.74) is 0. The third-order valence-corrected chi connectivity index (χ3v) is 2.98. The maximum atomic E-state index is 9.18. The third kappa shape index (κ3) is 7.47. The highest BCUT2D eigenvalue weighted by atomic mass is 79.9. The van der Waals surface area contributed by atoms with Crippen LogP contribution in [0.4, 0.5) is 0 Å². The lowest BCUT2D eigenvalue weighted by Crippen LogP contribution is -2.32. The summed E-state index contributed by atoms with van der Waals surface area (Å²) in [6.07, 6.45) is 2.27. The van der Waals surface area contributed by atoms with Crippen LogP contribution in [0.25, 0.3) is 0 Å². The van der Waals surface area contributed by atoms with Crippen molar-refractivity contribution in [2.24, 2.45) is 5.92 Å². The Kier molecular flexibility index (Phi) is 8.01. The number of hydrogen-bond donors (Lipinski definition) is 1. The van der Waals surface area contributed by atoms with E-state index >= 15 is 0 Å². The Morgan fingerprint density at radius 2 is 2.00 bits per heavy atom. The summed E-state index contributed by atoms with van der Waals surface area (Å²) in [4.78, 5) is 2.20. The van der Waals surface area contributed by atoms with Crippen molar-refractivity contribution in [3.63, 3.8) is 0 Å². The maximum absolute atomic E-state index is 9.18. The number of alkyl halides is 1. The first-order chi connectivity index (χ1) is 6.10. The average Bonchev–Trinajstić information content (AvgIpc) is 2.02. The summed E-state index contributed by atoms with van der Waals surface area (Å²) < 4.78 is 0. The average molecular weight is 252 g/mol. The normalized spacial score (nSPS) is 16.2. The van der Waals surface area contributed by atoms with E-state index in [4.69, 9.17) is 0 Å². The summed E-state index contributed by atoms with van der Waals surface area (Å²) >= 11 is 3.52. The topological polar surface area (TPSA) is 23.5 Å². The molecule has 0 amide bonds. The molecule has 1 N–H and O–H groups in total. The molecule has 2 unspecified atom stereocenters. The predicted molar refractivity (Wildman–Crippen MR) is 61.4 cm³/mol. The molecule has 0 aliphatic carbocycles. The van der Waals surface area contributed by atoms with Gasteiger partial charge in [0.05, 0.1) is 6.10 Å². The van der Waals surface area contributed by atoms with Crippen molar-refractivity contribution in [3.8, 4) is 0 Å². The molecule has 13 heavy (non-hydrogen) atoms. The lowest BCUT2D eigenvalue weighted by Gasteiger charge is -2.23. The van der Waals surface area contributed by atoms with Crippen LogP contribution in [0.3, 0.4) is 0 Å². The Bertz CT molecular complexity index is 119. The monoisotopic (exact) mass is 251 g/mol. The number of hydrogen-bond acceptors (Lipinski definition) is 2. The molecule has 0 aliphatic rings. The molecule has 0 saturated heterocycles. The molecule has 0 aliphatic heterocycles. The summed E-state index contributed by atoms with van der Waals surface area (Å²) in [6.45, 7) is 5.89. The van der Waals surface area contributed by atoms with Gasteiger partial charge < -0.3 is 10.0 Å². The second kappa shape index (κ2) is 7.77. The van der Waals surface area contributed by atoms with Gasteiger partial charge in [0.25, 0.3) is 0 Å². The summed E-state index contributed by atoms with van der Waals surface area (Å²) in [5, 5.41) is 10.2. The van der Waals surface area contributed by atoms with Gasteiger partial charge in [-0.3, -0.25) is 0 Å². The number of nitrogens with zero attached hydrogens (tertiary/aromatic N) is 1. The van der Waals surface area contributed by atoms with Gasteiger partial charge in [-0.25, -0.2) is 0 Å². The van der Waals surface area contributed by atoms with Crippen LogP contribution in [0.2, 0.25) is 0 Å². The molecule has 3 heteroatoms. The van der Waals surface area contributed by atoms with E-state index in [1.807, 2.05) is 6.92 Å². The van der Waals surface area contributed by atoms with Crippen molar-refractivity contribution in [2.75, 3.05) is 25.5 Å². The van der Waals surface area contributed by atoms with Crippen molar-refractivity contribution in [1.82, 2.24) is 4.90 Å². The van der Waals surface area contributed by atoms with Crippen LogP contribution in [0.5, 0.6) is 0 Å². The molecule has 0 rings (SSSR count). The SMILES string of the molecule is CCCC(CBr)CN(C)CC(C)O. The van der Waals surface area contributed by atoms with Crippen molar-refractivity contribution < 1.29 is 5.11 Å². The van der Waals surface area contributed by atoms with Gasteiger partial charge in [-0.05, 0) is 26.3 Å². The minimum Gasteiger partial charge on any atom is -0.392 e. The van der Waals surface area contributed by atoms with Crippen molar-refractivity contribution >= 4 is 15.9 Å². The Balaban J connectivity index is 3.65. The van der Waals surface area contributed by atoms with Gasteiger partial charge in [0.2, 0.25) is 0 Å². The van der Waals surface area contributed by atoms with Gasteiger partial charge >= 0.3 is 0 Å². The molecule has 0 bridgehead atoms. The third-order valence-electron chi connectivity index (χ3n) is 2.06. The quantitative estimate of drug-likeness (QED) is 0.701. The zero-order valence-corrected chi connectivity index (χ0v) is 10.5. The van der Waals surface area contributed by atoms with Gasteiger partial charge in [0.15, 0.2) is 0 Å². The van der Waals surface area contributed by atoms with Gasteiger partial charge in [-0.15, -0.1) is 0 Å². The van der Waals surface area contributed by atoms with Crippen LogP contribution in [0.1, 0.15) is 26.7 Å². The standard InChI is InChI=1S/C10H22BrNO/c1-4-5-10(6-11)8-12(3)7-9(2)13/h9-10,13H,4-8H2,1-3H3. The van der Waals surface area contributed by atoms with E-state index in [1.165, 1.54) is 12.8 Å². The molecule has 80 valence electrons. The Morgan fingerprint density at radius 3 is 2.38 bits per heavy atom. The van der Waals surface area contributed by atoms with Crippen LogP contribution in [-0.4, -0.2) is 41.6 Å². The molecule has 0 aromatic rings. The minimum atomic E-state index is -0.220. The van der Waals surface area contributed by atoms with E-state index in [2.05, 4.69) is 34.8 Å². The number of aliphatic hydroxyl groups is 1. The van der Waals surface area contributed by atoms with E-state index in [-0.39, 0.29) is 6.10 Å². The summed E-state index contributed by atoms with van der Waals surface area (Å²) in [5.74, 6) is 0.716. The number of halogens is 1. The largest absolute Gasteiger partial charge is 0.392 e. The van der Waals surface area contributed by atoms with Crippen LogP contribution in [-0.2, 0) is 0 Å². The first-order valence-electron chi connectivity index (χ1n) is 5.02. The molecule has 0 fully saturated rings. The van der Waals surface area contributed by atoms with Gasteiger partial charge in [0, 0.05) is 18.4 Å². The zero-order valence-electron chi connectivity index (χ0n) is 8.96.